The van der Waals surface area contributed by atoms with E-state index in [1.165, 1.54) is 0 Å². The number of benzene rings is 1. The number of ether oxygens (including phenoxy) is 3. The third kappa shape index (κ3) is 3.03. The second-order valence-electron chi connectivity index (χ2n) is 4.31. The van der Waals surface area contributed by atoms with E-state index in [0.29, 0.717) is 23.8 Å². The molecule has 20 heavy (non-hydrogen) atoms. The second-order valence-corrected chi connectivity index (χ2v) is 4.31. The number of hydrogen-bond donors (Lipinski definition) is 2. The summed E-state index contributed by atoms with van der Waals surface area (Å²) < 4.78 is 16.2. The van der Waals surface area contributed by atoms with Crippen LogP contribution in [0, 0.1) is 0 Å². The minimum absolute atomic E-state index is 0.179. The number of carbonyl (C=O) groups excluding carboxylic acids is 1. The molecular weight excluding hydrogens is 260 g/mol. The molecule has 1 heterocycles. The molecule has 1 amide bonds. The lowest BCUT2D eigenvalue weighted by atomic mass is 10.1. The van der Waals surface area contributed by atoms with Crippen LogP contribution in [0.2, 0.25) is 0 Å². The molecule has 3 N–H and O–H groups in total. The van der Waals surface area contributed by atoms with Crippen LogP contribution in [0.4, 0.5) is 0 Å². The van der Waals surface area contributed by atoms with Crippen molar-refractivity contribution in [2.24, 2.45) is 5.73 Å². The lowest BCUT2D eigenvalue weighted by Gasteiger charge is -2.17. The van der Waals surface area contributed by atoms with Crippen LogP contribution in [0.5, 0.6) is 17.2 Å². The van der Waals surface area contributed by atoms with Crippen LogP contribution >= 0.6 is 0 Å². The van der Waals surface area contributed by atoms with Crippen molar-refractivity contribution in [3.8, 4) is 17.2 Å². The Kier molecular flexibility index (Phi) is 4.47. The maximum absolute atomic E-state index is 11.8. The molecule has 6 nitrogen and oxygen atoms in total. The number of nitrogens with one attached hydrogen (secondary N) is 1. The van der Waals surface area contributed by atoms with Gasteiger partial charge < -0.3 is 25.3 Å². The highest BCUT2D eigenvalue weighted by Crippen LogP contribution is 2.38. The molecule has 0 saturated carbocycles. The second kappa shape index (κ2) is 6.29. The van der Waals surface area contributed by atoms with Gasteiger partial charge in [-0.3, -0.25) is 4.79 Å². The molecule has 0 aliphatic carbocycles. The van der Waals surface area contributed by atoms with Gasteiger partial charge in [0.2, 0.25) is 6.79 Å². The van der Waals surface area contributed by atoms with Crippen LogP contribution in [0.25, 0.3) is 0 Å². The molecule has 1 aliphatic heterocycles. The molecule has 2 rings (SSSR count). The van der Waals surface area contributed by atoms with Crippen molar-refractivity contribution >= 4 is 5.91 Å². The summed E-state index contributed by atoms with van der Waals surface area (Å²) >= 11 is 0. The molecule has 0 fully saturated rings. The lowest BCUT2D eigenvalue weighted by molar-refractivity contribution is -0.127. The smallest absolute Gasteiger partial charge is 0.261 e. The minimum Gasteiger partial charge on any atom is -0.480 e. The summed E-state index contributed by atoms with van der Waals surface area (Å²) in [5.74, 6) is 1.54. The largest absolute Gasteiger partial charge is 0.480 e. The topological polar surface area (TPSA) is 82.8 Å². The molecule has 0 aromatic heterocycles. The average Bonchev–Trinajstić information content (AvgIpc) is 2.90. The number of hydrogen-bond acceptors (Lipinski definition) is 5. The minimum atomic E-state index is -0.638. The van der Waals surface area contributed by atoms with Gasteiger partial charge in [0.25, 0.3) is 5.91 Å². The van der Waals surface area contributed by atoms with Gasteiger partial charge in [-0.25, -0.2) is 0 Å². The molecule has 1 atom stereocenters. The predicted molar refractivity (Wildman–Crippen MR) is 73.8 cm³/mol. The van der Waals surface area contributed by atoms with Crippen LogP contribution in [0.15, 0.2) is 24.8 Å². The van der Waals surface area contributed by atoms with E-state index in [2.05, 4.69) is 11.9 Å². The molecule has 108 valence electrons. The SMILES string of the molecule is C=CCNC(=O)C(C)Oc1cc2c(cc1CN)OCO2. The zero-order chi connectivity index (χ0) is 14.5. The van der Waals surface area contributed by atoms with Crippen molar-refractivity contribution in [1.29, 1.82) is 0 Å². The molecule has 0 bridgehead atoms. The fraction of sp³-hybridized carbons (Fsp3) is 0.357. The molecule has 1 unspecified atom stereocenters. The van der Waals surface area contributed by atoms with Crippen molar-refractivity contribution < 1.29 is 19.0 Å². The summed E-state index contributed by atoms with van der Waals surface area (Å²) in [6.45, 7) is 6.07. The van der Waals surface area contributed by atoms with E-state index in [4.69, 9.17) is 19.9 Å². The van der Waals surface area contributed by atoms with E-state index in [1.54, 1.807) is 25.1 Å². The van der Waals surface area contributed by atoms with Crippen molar-refractivity contribution in [3.63, 3.8) is 0 Å². The Bertz CT molecular complexity index is 516. The molecule has 1 aromatic carbocycles. The Morgan fingerprint density at radius 3 is 2.90 bits per heavy atom. The first-order valence-electron chi connectivity index (χ1n) is 6.33. The summed E-state index contributed by atoms with van der Waals surface area (Å²) in [5, 5.41) is 2.67. The van der Waals surface area contributed by atoms with Gasteiger partial charge in [-0.15, -0.1) is 6.58 Å². The summed E-state index contributed by atoms with van der Waals surface area (Å²) in [6, 6.07) is 3.47. The highest BCUT2D eigenvalue weighted by Gasteiger charge is 2.20. The molecule has 1 aliphatic rings. The molecule has 0 radical (unpaired) electrons. The first kappa shape index (κ1) is 14.2. The Morgan fingerprint density at radius 2 is 2.25 bits per heavy atom. The third-order valence-corrected chi connectivity index (χ3v) is 2.87. The number of carbonyl (C=O) groups is 1. The van der Waals surface area contributed by atoms with E-state index in [-0.39, 0.29) is 19.2 Å². The van der Waals surface area contributed by atoms with Gasteiger partial charge in [0.05, 0.1) is 0 Å². The van der Waals surface area contributed by atoms with E-state index < -0.39 is 6.10 Å². The highest BCUT2D eigenvalue weighted by atomic mass is 16.7. The fourth-order valence-corrected chi connectivity index (χ4v) is 1.80. The van der Waals surface area contributed by atoms with Crippen LogP contribution in [-0.4, -0.2) is 25.3 Å². The monoisotopic (exact) mass is 278 g/mol. The Hall–Kier alpha value is -2.21. The average molecular weight is 278 g/mol. The van der Waals surface area contributed by atoms with Gasteiger partial charge in [-0.1, -0.05) is 6.08 Å². The van der Waals surface area contributed by atoms with Crippen LogP contribution in [0.3, 0.4) is 0 Å². The maximum Gasteiger partial charge on any atom is 0.261 e. The molecule has 1 aromatic rings. The van der Waals surface area contributed by atoms with Crippen LogP contribution < -0.4 is 25.3 Å². The standard InChI is InChI=1S/C14H18N2O4/c1-3-4-16-14(17)9(2)20-11-6-13-12(18-8-19-13)5-10(11)7-15/h3,5-6,9H,1,4,7-8,15H2,2H3,(H,16,17). The normalized spacial score (nSPS) is 13.7. The van der Waals surface area contributed by atoms with E-state index in [9.17, 15) is 4.79 Å². The van der Waals surface area contributed by atoms with Gasteiger partial charge in [0.15, 0.2) is 17.6 Å². The molecule has 6 heteroatoms. The third-order valence-electron chi connectivity index (χ3n) is 2.87. The van der Waals surface area contributed by atoms with Crippen molar-refractivity contribution in [2.45, 2.75) is 19.6 Å². The fourth-order valence-electron chi connectivity index (χ4n) is 1.80. The van der Waals surface area contributed by atoms with Crippen molar-refractivity contribution in [1.82, 2.24) is 5.32 Å². The quantitative estimate of drug-likeness (QED) is 0.757. The van der Waals surface area contributed by atoms with Crippen molar-refractivity contribution in [3.05, 3.63) is 30.4 Å². The first-order valence-corrected chi connectivity index (χ1v) is 6.33. The summed E-state index contributed by atoms with van der Waals surface area (Å²) in [7, 11) is 0. The Labute approximate surface area is 117 Å². The first-order chi connectivity index (χ1) is 9.65. The molecular formula is C14H18N2O4. The zero-order valence-electron chi connectivity index (χ0n) is 11.3. The van der Waals surface area contributed by atoms with E-state index in [1.807, 2.05) is 0 Å². The van der Waals surface area contributed by atoms with E-state index in [0.717, 1.165) is 5.56 Å². The number of nitrogens with two attached hydrogens (primary N) is 1. The van der Waals surface area contributed by atoms with Gasteiger partial charge >= 0.3 is 0 Å². The van der Waals surface area contributed by atoms with Gasteiger partial charge in [0.1, 0.15) is 5.75 Å². The number of rotatable bonds is 6. The highest BCUT2D eigenvalue weighted by molar-refractivity contribution is 5.80. The summed E-state index contributed by atoms with van der Waals surface area (Å²) in [5.41, 5.74) is 6.45. The molecule has 0 spiro atoms. The Balaban J connectivity index is 2.12. The molecule has 0 saturated heterocycles. The van der Waals surface area contributed by atoms with Crippen LogP contribution in [0.1, 0.15) is 12.5 Å². The summed E-state index contributed by atoms with van der Waals surface area (Å²) in [6.07, 6.45) is 0.969. The van der Waals surface area contributed by atoms with Gasteiger partial charge in [-0.05, 0) is 13.0 Å². The zero-order valence-corrected chi connectivity index (χ0v) is 11.3. The Morgan fingerprint density at radius 1 is 1.55 bits per heavy atom. The lowest BCUT2D eigenvalue weighted by Crippen LogP contribution is -2.36. The van der Waals surface area contributed by atoms with Crippen molar-refractivity contribution in [2.75, 3.05) is 13.3 Å². The van der Waals surface area contributed by atoms with Gasteiger partial charge in [0, 0.05) is 24.7 Å². The maximum atomic E-state index is 11.8. The summed E-state index contributed by atoms with van der Waals surface area (Å²) in [4.78, 5) is 11.8. The number of fused-ring (bicyclic) bond motifs is 1. The van der Waals surface area contributed by atoms with Crippen LogP contribution in [-0.2, 0) is 11.3 Å². The predicted octanol–water partition coefficient (Wildman–Crippen LogP) is 0.943. The van der Waals surface area contributed by atoms with Gasteiger partial charge in [-0.2, -0.15) is 0 Å². The van der Waals surface area contributed by atoms with E-state index >= 15 is 0 Å². The number of amides is 1.